The molecule has 0 aliphatic carbocycles. The molecule has 0 spiro atoms. The van der Waals surface area contributed by atoms with Crippen molar-refractivity contribution in [2.24, 2.45) is 0 Å². The number of nitrogens with one attached hydrogen (secondary N) is 1. The highest BCUT2D eigenvalue weighted by molar-refractivity contribution is 7.99. The molecule has 7 nitrogen and oxygen atoms in total. The zero-order valence-electron chi connectivity index (χ0n) is 16.6. The lowest BCUT2D eigenvalue weighted by Crippen LogP contribution is -2.48. The Bertz CT molecular complexity index is 980. The lowest BCUT2D eigenvalue weighted by molar-refractivity contribution is 0.0623. The van der Waals surface area contributed by atoms with Gasteiger partial charge in [-0.15, -0.1) is 0 Å². The van der Waals surface area contributed by atoms with Crippen LogP contribution in [0, 0.1) is 0 Å². The first kappa shape index (κ1) is 21.7. The normalized spacial score (nSPS) is 19.2. The topological polar surface area (TPSA) is 76.7 Å². The van der Waals surface area contributed by atoms with Crippen LogP contribution in [-0.4, -0.2) is 84.2 Å². The van der Waals surface area contributed by atoms with Crippen LogP contribution < -0.4 is 0 Å². The van der Waals surface area contributed by atoms with Crippen LogP contribution in [0.1, 0.15) is 16.1 Å². The summed E-state index contributed by atoms with van der Waals surface area (Å²) in [6, 6.07) is 9.27. The average molecular weight is 469 g/mol. The summed E-state index contributed by atoms with van der Waals surface area (Å²) in [6.07, 6.45) is 1.43. The van der Waals surface area contributed by atoms with E-state index in [2.05, 4.69) is 9.88 Å². The average Bonchev–Trinajstić information content (AvgIpc) is 3.27. The third kappa shape index (κ3) is 4.86. The number of hydrogen-bond acceptors (Lipinski definition) is 5. The van der Waals surface area contributed by atoms with Crippen LogP contribution >= 0.6 is 23.4 Å². The van der Waals surface area contributed by atoms with E-state index >= 15 is 0 Å². The van der Waals surface area contributed by atoms with Crippen molar-refractivity contribution in [1.29, 1.82) is 0 Å². The number of carbonyl (C=O) groups is 1. The first-order chi connectivity index (χ1) is 14.4. The molecule has 4 rings (SSSR count). The fourth-order valence-corrected chi connectivity index (χ4v) is 6.41. The van der Waals surface area contributed by atoms with E-state index in [0.29, 0.717) is 31.9 Å². The van der Waals surface area contributed by atoms with Gasteiger partial charge < -0.3 is 9.88 Å². The van der Waals surface area contributed by atoms with Gasteiger partial charge in [0.1, 0.15) is 10.6 Å². The minimum Gasteiger partial charge on any atom is -0.356 e. The summed E-state index contributed by atoms with van der Waals surface area (Å²) in [5, 5.41) is 0.723. The summed E-state index contributed by atoms with van der Waals surface area (Å²) >= 11 is 7.69. The number of amides is 1. The van der Waals surface area contributed by atoms with E-state index in [1.807, 2.05) is 24.3 Å². The Hall–Kier alpha value is -1.52. The number of benzene rings is 1. The van der Waals surface area contributed by atoms with Gasteiger partial charge in [0, 0.05) is 68.5 Å². The highest BCUT2D eigenvalue weighted by atomic mass is 35.5. The van der Waals surface area contributed by atoms with Gasteiger partial charge in [-0.05, 0) is 23.8 Å². The predicted octanol–water partition coefficient (Wildman–Crippen LogP) is 2.36. The highest BCUT2D eigenvalue weighted by Gasteiger charge is 2.29. The molecule has 2 aromatic rings. The SMILES string of the molecule is O=C(c1cc(S(=O)(=O)N2CCSCC2)c[nH]1)N1CCN(Cc2ccc(Cl)cc2)CC1. The molecule has 1 aromatic heterocycles. The van der Waals surface area contributed by atoms with E-state index in [1.165, 1.54) is 22.1 Å². The van der Waals surface area contributed by atoms with Gasteiger partial charge in [0.2, 0.25) is 10.0 Å². The quantitative estimate of drug-likeness (QED) is 0.729. The number of halogens is 1. The summed E-state index contributed by atoms with van der Waals surface area (Å²) < 4.78 is 27.1. The molecule has 2 aliphatic rings. The molecule has 0 radical (unpaired) electrons. The molecule has 0 atom stereocenters. The summed E-state index contributed by atoms with van der Waals surface area (Å²) in [5.74, 6) is 1.45. The summed E-state index contributed by atoms with van der Waals surface area (Å²) in [5.41, 5.74) is 1.51. The fourth-order valence-electron chi connectivity index (χ4n) is 3.71. The van der Waals surface area contributed by atoms with Crippen LogP contribution in [0.4, 0.5) is 0 Å². The van der Waals surface area contributed by atoms with Gasteiger partial charge in [0.05, 0.1) is 0 Å². The first-order valence-corrected chi connectivity index (χ1v) is 12.9. The van der Waals surface area contributed by atoms with Gasteiger partial charge in [0.15, 0.2) is 0 Å². The maximum atomic E-state index is 12.9. The number of thioether (sulfide) groups is 1. The molecule has 162 valence electrons. The first-order valence-electron chi connectivity index (χ1n) is 9.96. The van der Waals surface area contributed by atoms with Gasteiger partial charge >= 0.3 is 0 Å². The third-order valence-electron chi connectivity index (χ3n) is 5.47. The van der Waals surface area contributed by atoms with E-state index in [0.717, 1.165) is 36.2 Å². The number of carbonyl (C=O) groups excluding carboxylic acids is 1. The van der Waals surface area contributed by atoms with Crippen molar-refractivity contribution in [2.45, 2.75) is 11.4 Å². The second-order valence-corrected chi connectivity index (χ2v) is 11.1. The maximum Gasteiger partial charge on any atom is 0.270 e. The van der Waals surface area contributed by atoms with Crippen LogP contribution in [0.5, 0.6) is 0 Å². The number of aromatic amines is 1. The predicted molar refractivity (Wildman–Crippen MR) is 120 cm³/mol. The fraction of sp³-hybridized carbons (Fsp3) is 0.450. The highest BCUT2D eigenvalue weighted by Crippen LogP contribution is 2.22. The zero-order chi connectivity index (χ0) is 21.1. The lowest BCUT2D eigenvalue weighted by Gasteiger charge is -2.34. The minimum absolute atomic E-state index is 0.156. The van der Waals surface area contributed by atoms with Gasteiger partial charge in [-0.25, -0.2) is 8.42 Å². The van der Waals surface area contributed by atoms with Crippen molar-refractivity contribution in [2.75, 3.05) is 50.8 Å². The van der Waals surface area contributed by atoms with E-state index in [9.17, 15) is 13.2 Å². The van der Waals surface area contributed by atoms with Crippen molar-refractivity contribution in [3.63, 3.8) is 0 Å². The van der Waals surface area contributed by atoms with Crippen molar-refractivity contribution in [3.05, 3.63) is 52.8 Å². The summed E-state index contributed by atoms with van der Waals surface area (Å²) in [7, 11) is -3.55. The van der Waals surface area contributed by atoms with Crippen molar-refractivity contribution in [3.8, 4) is 0 Å². The van der Waals surface area contributed by atoms with Crippen molar-refractivity contribution >= 4 is 39.3 Å². The van der Waals surface area contributed by atoms with E-state index in [1.54, 1.807) is 16.7 Å². The van der Waals surface area contributed by atoms with Crippen LogP contribution in [0.15, 0.2) is 41.4 Å². The standard InChI is InChI=1S/C20H25ClN4O3S2/c21-17-3-1-16(2-4-17)15-23-5-7-24(8-6-23)20(26)19-13-18(14-22-19)30(27,28)25-9-11-29-12-10-25/h1-4,13-14,22H,5-12,15H2. The largest absolute Gasteiger partial charge is 0.356 e. The number of sulfonamides is 1. The Labute approximate surface area is 186 Å². The molecular formula is C20H25ClN4O3S2. The number of nitrogens with zero attached hydrogens (tertiary/aromatic N) is 3. The smallest absolute Gasteiger partial charge is 0.270 e. The van der Waals surface area contributed by atoms with Crippen molar-refractivity contribution < 1.29 is 13.2 Å². The molecule has 1 N–H and O–H groups in total. The number of hydrogen-bond donors (Lipinski definition) is 1. The molecule has 2 fully saturated rings. The van der Waals surface area contributed by atoms with Gasteiger partial charge in [0.25, 0.3) is 5.91 Å². The summed E-state index contributed by atoms with van der Waals surface area (Å²) in [4.78, 5) is 20.0. The Morgan fingerprint density at radius 2 is 1.70 bits per heavy atom. The zero-order valence-corrected chi connectivity index (χ0v) is 19.0. The van der Waals surface area contributed by atoms with Crippen molar-refractivity contribution in [1.82, 2.24) is 19.1 Å². The second-order valence-electron chi connectivity index (χ2n) is 7.46. The second kappa shape index (κ2) is 9.32. The molecule has 1 amide bonds. The Kier molecular flexibility index (Phi) is 6.74. The monoisotopic (exact) mass is 468 g/mol. The molecule has 10 heteroatoms. The van der Waals surface area contributed by atoms with Crippen LogP contribution in [0.25, 0.3) is 0 Å². The minimum atomic E-state index is -3.55. The third-order valence-corrected chi connectivity index (χ3v) is 8.54. The molecule has 0 bridgehead atoms. The molecule has 0 saturated carbocycles. The van der Waals surface area contributed by atoms with Gasteiger partial charge in [-0.2, -0.15) is 16.1 Å². The molecule has 2 saturated heterocycles. The van der Waals surface area contributed by atoms with E-state index in [4.69, 9.17) is 11.6 Å². The molecule has 1 aromatic carbocycles. The summed E-state index contributed by atoms with van der Waals surface area (Å²) in [6.45, 7) is 4.59. The van der Waals surface area contributed by atoms with Gasteiger partial charge in [-0.1, -0.05) is 23.7 Å². The Morgan fingerprint density at radius 1 is 1.03 bits per heavy atom. The molecule has 3 heterocycles. The molecule has 0 unspecified atom stereocenters. The lowest BCUT2D eigenvalue weighted by atomic mass is 10.2. The van der Waals surface area contributed by atoms with Crippen LogP contribution in [0.2, 0.25) is 5.02 Å². The number of rotatable bonds is 5. The van der Waals surface area contributed by atoms with E-state index in [-0.39, 0.29) is 10.8 Å². The van der Waals surface area contributed by atoms with Crippen LogP contribution in [-0.2, 0) is 16.6 Å². The van der Waals surface area contributed by atoms with E-state index < -0.39 is 10.0 Å². The molecular weight excluding hydrogens is 444 g/mol. The maximum absolute atomic E-state index is 12.9. The number of H-pyrrole nitrogens is 1. The number of piperazine rings is 1. The molecule has 30 heavy (non-hydrogen) atoms. The molecule has 2 aliphatic heterocycles. The van der Waals surface area contributed by atoms with Crippen LogP contribution in [0.3, 0.4) is 0 Å². The Balaban J connectivity index is 1.35. The Morgan fingerprint density at radius 3 is 2.37 bits per heavy atom. The van der Waals surface area contributed by atoms with Gasteiger partial charge in [-0.3, -0.25) is 9.69 Å². The number of aromatic nitrogens is 1.